The van der Waals surface area contributed by atoms with Gasteiger partial charge in [0, 0.05) is 11.6 Å². The van der Waals surface area contributed by atoms with E-state index in [0.29, 0.717) is 5.41 Å². The largest absolute Gasteiger partial charge is 0.317 e. The Kier molecular flexibility index (Phi) is 4.65. The average molecular weight is 293 g/mol. The molecule has 0 amide bonds. The number of nitrogens with zero attached hydrogens (tertiary/aromatic N) is 1. The molecule has 0 bridgehead atoms. The predicted molar refractivity (Wildman–Crippen MR) is 85.4 cm³/mol. The third-order valence-corrected chi connectivity index (χ3v) is 5.46. The summed E-state index contributed by atoms with van der Waals surface area (Å²) < 4.78 is 0. The van der Waals surface area contributed by atoms with E-state index in [0.717, 1.165) is 11.4 Å². The van der Waals surface area contributed by atoms with Crippen LogP contribution in [0.5, 0.6) is 0 Å². The van der Waals surface area contributed by atoms with Crippen LogP contribution < -0.4 is 5.32 Å². The molecule has 0 aromatic heterocycles. The van der Waals surface area contributed by atoms with Gasteiger partial charge in [0.25, 0.3) is 0 Å². The van der Waals surface area contributed by atoms with Crippen LogP contribution in [0.15, 0.2) is 24.3 Å². The first-order valence-corrected chi connectivity index (χ1v) is 8.31. The summed E-state index contributed by atoms with van der Waals surface area (Å²) in [4.78, 5) is 2.64. The second-order valence-electron chi connectivity index (χ2n) is 6.47. The van der Waals surface area contributed by atoms with Crippen LogP contribution in [-0.2, 0) is 6.42 Å². The second-order valence-corrected chi connectivity index (χ2v) is 6.90. The summed E-state index contributed by atoms with van der Waals surface area (Å²) in [6.45, 7) is 6.21. The Bertz CT molecular complexity index is 413. The van der Waals surface area contributed by atoms with E-state index in [9.17, 15) is 0 Å². The van der Waals surface area contributed by atoms with E-state index >= 15 is 0 Å². The van der Waals surface area contributed by atoms with Gasteiger partial charge >= 0.3 is 0 Å². The molecular weight excluding hydrogens is 268 g/mol. The molecule has 110 valence electrons. The smallest absolute Gasteiger partial charge is 0.0406 e. The maximum Gasteiger partial charge on any atom is 0.0406 e. The van der Waals surface area contributed by atoms with Crippen LogP contribution in [0.3, 0.4) is 0 Å². The SMILES string of the molecule is Clc1ccc(CCN2CCC3(CCNCC3)CC2)cc1. The lowest BCUT2D eigenvalue weighted by Gasteiger charge is -2.44. The van der Waals surface area contributed by atoms with E-state index in [1.165, 1.54) is 64.0 Å². The summed E-state index contributed by atoms with van der Waals surface area (Å²) in [6, 6.07) is 8.30. The summed E-state index contributed by atoms with van der Waals surface area (Å²) in [5.74, 6) is 0. The van der Waals surface area contributed by atoms with Gasteiger partial charge in [0.1, 0.15) is 0 Å². The Balaban J connectivity index is 1.45. The Hall–Kier alpha value is -0.570. The fourth-order valence-electron chi connectivity index (χ4n) is 3.65. The van der Waals surface area contributed by atoms with Gasteiger partial charge < -0.3 is 10.2 Å². The minimum Gasteiger partial charge on any atom is -0.317 e. The van der Waals surface area contributed by atoms with Crippen LogP contribution >= 0.6 is 11.6 Å². The Morgan fingerprint density at radius 1 is 1.00 bits per heavy atom. The van der Waals surface area contributed by atoms with Gasteiger partial charge in [-0.25, -0.2) is 0 Å². The third kappa shape index (κ3) is 3.55. The Morgan fingerprint density at radius 3 is 2.30 bits per heavy atom. The number of piperidine rings is 2. The highest BCUT2D eigenvalue weighted by Gasteiger charge is 2.35. The molecule has 3 heteroatoms. The van der Waals surface area contributed by atoms with Gasteiger partial charge in [-0.2, -0.15) is 0 Å². The summed E-state index contributed by atoms with van der Waals surface area (Å²) in [5.41, 5.74) is 2.07. The van der Waals surface area contributed by atoms with Gasteiger partial charge in [0.15, 0.2) is 0 Å². The van der Waals surface area contributed by atoms with Crippen molar-refractivity contribution in [3.8, 4) is 0 Å². The van der Waals surface area contributed by atoms with Crippen molar-refractivity contribution < 1.29 is 0 Å². The number of likely N-dealkylation sites (tertiary alicyclic amines) is 1. The number of hydrogen-bond acceptors (Lipinski definition) is 2. The van der Waals surface area contributed by atoms with Crippen molar-refractivity contribution in [2.75, 3.05) is 32.7 Å². The van der Waals surface area contributed by atoms with Gasteiger partial charge in [-0.1, -0.05) is 23.7 Å². The molecule has 1 spiro atoms. The number of nitrogens with one attached hydrogen (secondary N) is 1. The molecule has 0 atom stereocenters. The quantitative estimate of drug-likeness (QED) is 0.919. The molecule has 1 aromatic rings. The Labute approximate surface area is 127 Å². The van der Waals surface area contributed by atoms with Crippen molar-refractivity contribution in [1.82, 2.24) is 10.2 Å². The van der Waals surface area contributed by atoms with Crippen molar-refractivity contribution in [3.05, 3.63) is 34.9 Å². The highest BCUT2D eigenvalue weighted by molar-refractivity contribution is 6.30. The molecule has 2 aliphatic heterocycles. The highest BCUT2D eigenvalue weighted by Crippen LogP contribution is 2.39. The summed E-state index contributed by atoms with van der Waals surface area (Å²) in [5, 5.41) is 4.33. The minimum absolute atomic E-state index is 0.669. The molecule has 0 saturated carbocycles. The first-order chi connectivity index (χ1) is 9.76. The monoisotopic (exact) mass is 292 g/mol. The van der Waals surface area contributed by atoms with E-state index < -0.39 is 0 Å². The number of rotatable bonds is 3. The van der Waals surface area contributed by atoms with Crippen LogP contribution in [0.2, 0.25) is 5.02 Å². The van der Waals surface area contributed by atoms with Gasteiger partial charge in [0.2, 0.25) is 0 Å². The van der Waals surface area contributed by atoms with E-state index in [2.05, 4.69) is 22.3 Å². The maximum absolute atomic E-state index is 5.93. The maximum atomic E-state index is 5.93. The fraction of sp³-hybridized carbons (Fsp3) is 0.647. The third-order valence-electron chi connectivity index (χ3n) is 5.21. The zero-order chi connectivity index (χ0) is 13.8. The molecule has 1 aromatic carbocycles. The van der Waals surface area contributed by atoms with Gasteiger partial charge in [0.05, 0.1) is 0 Å². The first kappa shape index (κ1) is 14.4. The standard InChI is InChI=1S/C17H25ClN2/c18-16-3-1-15(2-4-16)5-12-20-13-8-17(9-14-20)6-10-19-11-7-17/h1-4,19H,5-14H2. The van der Waals surface area contributed by atoms with Crippen molar-refractivity contribution in [2.24, 2.45) is 5.41 Å². The zero-order valence-electron chi connectivity index (χ0n) is 12.2. The molecular formula is C17H25ClN2. The predicted octanol–water partition coefficient (Wildman–Crippen LogP) is 3.35. The zero-order valence-corrected chi connectivity index (χ0v) is 13.0. The molecule has 0 unspecified atom stereocenters. The van der Waals surface area contributed by atoms with Gasteiger partial charge in [-0.15, -0.1) is 0 Å². The highest BCUT2D eigenvalue weighted by atomic mass is 35.5. The number of halogens is 1. The molecule has 2 nitrogen and oxygen atoms in total. The average Bonchev–Trinajstić information content (AvgIpc) is 2.49. The number of benzene rings is 1. The van der Waals surface area contributed by atoms with E-state index in [1.54, 1.807) is 0 Å². The molecule has 2 heterocycles. The lowest BCUT2D eigenvalue weighted by Crippen LogP contribution is -2.45. The van der Waals surface area contributed by atoms with Crippen LogP contribution in [0.4, 0.5) is 0 Å². The van der Waals surface area contributed by atoms with Crippen molar-refractivity contribution in [2.45, 2.75) is 32.1 Å². The molecule has 2 fully saturated rings. The van der Waals surface area contributed by atoms with Crippen LogP contribution in [0.25, 0.3) is 0 Å². The lowest BCUT2D eigenvalue weighted by atomic mass is 9.71. The van der Waals surface area contributed by atoms with Gasteiger partial charge in [-0.3, -0.25) is 0 Å². The molecule has 2 saturated heterocycles. The van der Waals surface area contributed by atoms with Crippen LogP contribution in [0.1, 0.15) is 31.2 Å². The second kappa shape index (κ2) is 6.46. The molecule has 2 aliphatic rings. The lowest BCUT2D eigenvalue weighted by molar-refractivity contribution is 0.0746. The topological polar surface area (TPSA) is 15.3 Å². The van der Waals surface area contributed by atoms with E-state index in [1.807, 2.05) is 12.1 Å². The minimum atomic E-state index is 0.669. The van der Waals surface area contributed by atoms with Gasteiger partial charge in [-0.05, 0) is 81.4 Å². The van der Waals surface area contributed by atoms with E-state index in [4.69, 9.17) is 11.6 Å². The van der Waals surface area contributed by atoms with Crippen LogP contribution in [0, 0.1) is 5.41 Å². The van der Waals surface area contributed by atoms with Crippen molar-refractivity contribution in [1.29, 1.82) is 0 Å². The molecule has 0 aliphatic carbocycles. The molecule has 0 radical (unpaired) electrons. The first-order valence-electron chi connectivity index (χ1n) is 7.93. The summed E-state index contributed by atoms with van der Waals surface area (Å²) in [7, 11) is 0. The van der Waals surface area contributed by atoms with Crippen LogP contribution in [-0.4, -0.2) is 37.6 Å². The molecule has 3 rings (SSSR count). The van der Waals surface area contributed by atoms with Crippen molar-refractivity contribution in [3.63, 3.8) is 0 Å². The normalized spacial score (nSPS) is 23.1. The molecule has 1 N–H and O–H groups in total. The Morgan fingerprint density at radius 2 is 1.65 bits per heavy atom. The summed E-state index contributed by atoms with van der Waals surface area (Å²) in [6.07, 6.45) is 6.71. The summed E-state index contributed by atoms with van der Waals surface area (Å²) >= 11 is 5.93. The molecule has 20 heavy (non-hydrogen) atoms. The number of hydrogen-bond donors (Lipinski definition) is 1. The van der Waals surface area contributed by atoms with Crippen molar-refractivity contribution >= 4 is 11.6 Å². The fourth-order valence-corrected chi connectivity index (χ4v) is 3.77. The van der Waals surface area contributed by atoms with E-state index in [-0.39, 0.29) is 0 Å².